The number of ketones is 1. The summed E-state index contributed by atoms with van der Waals surface area (Å²) >= 11 is 0. The molecule has 7 heteroatoms. The third-order valence-electron chi connectivity index (χ3n) is 7.51. The second kappa shape index (κ2) is 8.84. The third kappa shape index (κ3) is 3.56. The first-order valence-electron chi connectivity index (χ1n) is 12.3. The van der Waals surface area contributed by atoms with Crippen LogP contribution in [0.3, 0.4) is 0 Å². The van der Waals surface area contributed by atoms with Crippen LogP contribution in [0.25, 0.3) is 0 Å². The highest BCUT2D eigenvalue weighted by Crippen LogP contribution is 2.60. The van der Waals surface area contributed by atoms with Gasteiger partial charge in [0.25, 0.3) is 0 Å². The number of para-hydroxylation sites is 1. The Balaban J connectivity index is 1.97. The van der Waals surface area contributed by atoms with Crippen molar-refractivity contribution in [3.63, 3.8) is 0 Å². The molecule has 1 aliphatic carbocycles. The minimum Gasteiger partial charge on any atom is -0.465 e. The van der Waals surface area contributed by atoms with Crippen molar-refractivity contribution in [2.75, 3.05) is 24.6 Å². The van der Waals surface area contributed by atoms with E-state index in [1.807, 2.05) is 58.0 Å². The summed E-state index contributed by atoms with van der Waals surface area (Å²) in [6, 6.07) is 6.94. The SMILES string of the molecule is C=CCN1CCC23c4ccccc4N(C(=O)OC(C)(C)C)[C@H]2C(C(=O)OCC)C(=O)[C@@H](CC)[C@H]13. The molecule has 4 rings (SSSR count). The molecule has 1 aromatic rings. The Bertz CT molecular complexity index is 999. The summed E-state index contributed by atoms with van der Waals surface area (Å²) in [5.41, 5.74) is 0.409. The molecule has 1 aromatic carbocycles. The summed E-state index contributed by atoms with van der Waals surface area (Å²) in [5, 5.41) is 0. The van der Waals surface area contributed by atoms with E-state index in [0.29, 0.717) is 18.7 Å². The fraction of sp³-hybridized carbons (Fsp3) is 0.593. The van der Waals surface area contributed by atoms with Gasteiger partial charge in [0, 0.05) is 23.9 Å². The molecule has 0 N–H and O–H groups in total. The van der Waals surface area contributed by atoms with Gasteiger partial charge in [-0.2, -0.15) is 0 Å². The fourth-order valence-corrected chi connectivity index (χ4v) is 6.57. The van der Waals surface area contributed by atoms with Crippen LogP contribution in [0.5, 0.6) is 0 Å². The number of nitrogens with zero attached hydrogens (tertiary/aromatic N) is 2. The number of carbonyl (C=O) groups excluding carboxylic acids is 3. The zero-order valence-electron chi connectivity index (χ0n) is 20.9. The van der Waals surface area contributed by atoms with Crippen molar-refractivity contribution in [3.05, 3.63) is 42.5 Å². The summed E-state index contributed by atoms with van der Waals surface area (Å²) in [7, 11) is 0. The van der Waals surface area contributed by atoms with Crippen LogP contribution < -0.4 is 4.90 Å². The molecule has 7 nitrogen and oxygen atoms in total. The van der Waals surface area contributed by atoms with E-state index in [-0.39, 0.29) is 24.3 Å². The van der Waals surface area contributed by atoms with Crippen molar-refractivity contribution in [1.29, 1.82) is 0 Å². The van der Waals surface area contributed by atoms with E-state index in [2.05, 4.69) is 11.5 Å². The average Bonchev–Trinajstić information content (AvgIpc) is 3.27. The second-order valence-electron chi connectivity index (χ2n) is 10.5. The van der Waals surface area contributed by atoms with Crippen molar-refractivity contribution < 1.29 is 23.9 Å². The molecule has 2 fully saturated rings. The number of hydrogen-bond acceptors (Lipinski definition) is 6. The molecular formula is C27H36N2O5. The number of hydrogen-bond donors (Lipinski definition) is 0. The van der Waals surface area contributed by atoms with Crippen molar-refractivity contribution in [3.8, 4) is 0 Å². The number of fused-ring (bicyclic) bond motifs is 1. The Morgan fingerprint density at radius 1 is 1.21 bits per heavy atom. The number of Topliss-reactive ketones (excluding diaryl/α,β-unsaturated/α-hetero) is 1. The first kappa shape index (κ1) is 24.5. The molecule has 5 atom stereocenters. The highest BCUT2D eigenvalue weighted by Gasteiger charge is 2.71. The minimum atomic E-state index is -1.07. The van der Waals surface area contributed by atoms with Crippen molar-refractivity contribution in [1.82, 2.24) is 4.90 Å². The lowest BCUT2D eigenvalue weighted by atomic mass is 9.56. The predicted octanol–water partition coefficient (Wildman–Crippen LogP) is 4.10. The molecule has 1 saturated heterocycles. The molecule has 1 spiro atoms. The maximum atomic E-state index is 14.0. The maximum Gasteiger partial charge on any atom is 0.415 e. The zero-order valence-corrected chi connectivity index (χ0v) is 20.9. The Labute approximate surface area is 202 Å². The van der Waals surface area contributed by atoms with Crippen LogP contribution in [-0.4, -0.2) is 60.1 Å². The molecule has 0 aromatic heterocycles. The molecule has 2 heterocycles. The highest BCUT2D eigenvalue weighted by molar-refractivity contribution is 6.06. The number of amides is 1. The van der Waals surface area contributed by atoms with Gasteiger partial charge in [-0.05, 0) is 58.7 Å². The van der Waals surface area contributed by atoms with Crippen LogP contribution in [0.15, 0.2) is 36.9 Å². The van der Waals surface area contributed by atoms with Crippen LogP contribution in [0, 0.1) is 11.8 Å². The Morgan fingerprint density at radius 3 is 2.53 bits per heavy atom. The van der Waals surface area contributed by atoms with Gasteiger partial charge in [0.05, 0.1) is 18.3 Å². The first-order valence-corrected chi connectivity index (χ1v) is 12.3. The smallest absolute Gasteiger partial charge is 0.415 e. The third-order valence-corrected chi connectivity index (χ3v) is 7.51. The van der Waals surface area contributed by atoms with Gasteiger partial charge in [0.2, 0.25) is 0 Å². The first-order chi connectivity index (χ1) is 16.1. The molecule has 0 radical (unpaired) electrons. The van der Waals surface area contributed by atoms with Gasteiger partial charge in [-0.3, -0.25) is 19.4 Å². The molecule has 2 unspecified atom stereocenters. The van der Waals surface area contributed by atoms with Gasteiger partial charge >= 0.3 is 12.1 Å². The molecule has 1 saturated carbocycles. The van der Waals surface area contributed by atoms with E-state index < -0.39 is 35.0 Å². The topological polar surface area (TPSA) is 76.2 Å². The number of anilines is 1. The van der Waals surface area contributed by atoms with Gasteiger partial charge < -0.3 is 9.47 Å². The highest BCUT2D eigenvalue weighted by atomic mass is 16.6. The number of esters is 1. The Kier molecular flexibility index (Phi) is 6.36. The van der Waals surface area contributed by atoms with E-state index >= 15 is 0 Å². The van der Waals surface area contributed by atoms with Gasteiger partial charge in [-0.1, -0.05) is 31.2 Å². The summed E-state index contributed by atoms with van der Waals surface area (Å²) in [4.78, 5) is 44.9. The molecule has 34 heavy (non-hydrogen) atoms. The molecule has 3 aliphatic rings. The van der Waals surface area contributed by atoms with Crippen LogP contribution in [-0.2, 0) is 24.5 Å². The normalized spacial score (nSPS) is 30.4. The lowest BCUT2D eigenvalue weighted by molar-refractivity contribution is -0.158. The Morgan fingerprint density at radius 2 is 1.91 bits per heavy atom. The van der Waals surface area contributed by atoms with Crippen LogP contribution in [0.2, 0.25) is 0 Å². The minimum absolute atomic E-state index is 0.146. The van der Waals surface area contributed by atoms with Gasteiger partial charge in [-0.25, -0.2) is 4.79 Å². The summed E-state index contributed by atoms with van der Waals surface area (Å²) in [5.74, 6) is -2.12. The van der Waals surface area contributed by atoms with Crippen LogP contribution in [0.1, 0.15) is 53.0 Å². The molecule has 184 valence electrons. The predicted molar refractivity (Wildman–Crippen MR) is 130 cm³/mol. The zero-order chi connectivity index (χ0) is 24.8. The largest absolute Gasteiger partial charge is 0.465 e. The molecule has 1 amide bonds. The number of rotatable bonds is 5. The van der Waals surface area contributed by atoms with E-state index in [1.165, 1.54) is 0 Å². The average molecular weight is 469 g/mol. The lowest BCUT2D eigenvalue weighted by Gasteiger charge is -2.51. The van der Waals surface area contributed by atoms with Crippen LogP contribution >= 0.6 is 0 Å². The fourth-order valence-electron chi connectivity index (χ4n) is 6.57. The number of carbonyl (C=O) groups is 3. The maximum absolute atomic E-state index is 14.0. The summed E-state index contributed by atoms with van der Waals surface area (Å²) in [6.07, 6.45) is 2.65. The van der Waals surface area contributed by atoms with E-state index in [4.69, 9.17) is 9.47 Å². The van der Waals surface area contributed by atoms with Gasteiger partial charge in [0.15, 0.2) is 5.78 Å². The summed E-state index contributed by atoms with van der Waals surface area (Å²) in [6.45, 7) is 14.7. The lowest BCUT2D eigenvalue weighted by Crippen LogP contribution is -2.68. The van der Waals surface area contributed by atoms with E-state index in [9.17, 15) is 14.4 Å². The van der Waals surface area contributed by atoms with Crippen molar-refractivity contribution in [2.45, 2.75) is 70.6 Å². The van der Waals surface area contributed by atoms with E-state index in [1.54, 1.807) is 11.8 Å². The Hall–Kier alpha value is -2.67. The molecule has 2 aliphatic heterocycles. The molecule has 0 bridgehead atoms. The molecular weight excluding hydrogens is 432 g/mol. The number of benzene rings is 1. The standard InChI is InChI=1S/C27H36N2O5/c1-7-15-28-16-14-27-18-12-10-11-13-19(18)29(25(32)34-26(4,5)6)23(27)20(24(31)33-9-3)21(30)17(8-2)22(27)28/h7,10-13,17,20,22-23H,1,8-9,14-16H2,2-6H3/t17-,20?,22+,23+,27?/m1/s1. The number of likely N-dealkylation sites (tertiary alicyclic amines) is 1. The van der Waals surface area contributed by atoms with Crippen molar-refractivity contribution >= 4 is 23.5 Å². The quantitative estimate of drug-likeness (QED) is 0.368. The van der Waals surface area contributed by atoms with E-state index in [0.717, 1.165) is 18.5 Å². The van der Waals surface area contributed by atoms with Crippen LogP contribution in [0.4, 0.5) is 10.5 Å². The second-order valence-corrected chi connectivity index (χ2v) is 10.5. The van der Waals surface area contributed by atoms with Crippen molar-refractivity contribution in [2.24, 2.45) is 11.8 Å². The van der Waals surface area contributed by atoms with Gasteiger partial charge in [0.1, 0.15) is 11.5 Å². The number of ether oxygens (including phenoxy) is 2. The monoisotopic (exact) mass is 468 g/mol. The van der Waals surface area contributed by atoms with Gasteiger partial charge in [-0.15, -0.1) is 6.58 Å². The summed E-state index contributed by atoms with van der Waals surface area (Å²) < 4.78 is 11.2.